The van der Waals surface area contributed by atoms with Crippen LogP contribution >= 0.6 is 0 Å². The van der Waals surface area contributed by atoms with Gasteiger partial charge in [-0.25, -0.2) is 18.7 Å². The Bertz CT molecular complexity index is 887. The molecule has 0 radical (unpaired) electrons. The molecule has 6 nitrogen and oxygen atoms in total. The van der Waals surface area contributed by atoms with Gasteiger partial charge in [-0.1, -0.05) is 0 Å². The number of carbonyl (C=O) groups excluding carboxylic acids is 2. The molecule has 0 saturated carbocycles. The van der Waals surface area contributed by atoms with E-state index in [4.69, 9.17) is 4.74 Å². The molecule has 1 aromatic carbocycles. The summed E-state index contributed by atoms with van der Waals surface area (Å²) in [5, 5.41) is 4.16. The van der Waals surface area contributed by atoms with Crippen LogP contribution in [0.3, 0.4) is 0 Å². The highest BCUT2D eigenvalue weighted by atomic mass is 19.1. The Labute approximate surface area is 130 Å². The van der Waals surface area contributed by atoms with E-state index in [1.807, 2.05) is 0 Å². The van der Waals surface area contributed by atoms with Gasteiger partial charge in [0, 0.05) is 18.0 Å². The van der Waals surface area contributed by atoms with E-state index in [0.717, 1.165) is 0 Å². The second kappa shape index (κ2) is 5.96. The van der Waals surface area contributed by atoms with Crippen LogP contribution in [0.1, 0.15) is 26.4 Å². The van der Waals surface area contributed by atoms with Crippen LogP contribution in [0.5, 0.6) is 0 Å². The zero-order chi connectivity index (χ0) is 16.4. The van der Waals surface area contributed by atoms with Crippen molar-refractivity contribution >= 4 is 17.4 Å². The van der Waals surface area contributed by atoms with Crippen molar-refractivity contribution in [3.05, 3.63) is 65.4 Å². The third kappa shape index (κ3) is 2.94. The van der Waals surface area contributed by atoms with Crippen LogP contribution in [-0.2, 0) is 4.74 Å². The van der Waals surface area contributed by atoms with E-state index in [1.165, 1.54) is 35.0 Å². The van der Waals surface area contributed by atoms with Crippen LogP contribution in [0.4, 0.5) is 4.39 Å². The van der Waals surface area contributed by atoms with Crippen molar-refractivity contribution in [1.29, 1.82) is 0 Å². The molecular formula is C16H12FN3O3. The van der Waals surface area contributed by atoms with Gasteiger partial charge >= 0.3 is 5.97 Å². The normalized spacial score (nSPS) is 10.7. The highest BCUT2D eigenvalue weighted by Gasteiger charge is 2.20. The Morgan fingerprint density at radius 3 is 2.74 bits per heavy atom. The van der Waals surface area contributed by atoms with Gasteiger partial charge in [0.25, 0.3) is 0 Å². The lowest BCUT2D eigenvalue weighted by molar-refractivity contribution is 0.0475. The van der Waals surface area contributed by atoms with Crippen LogP contribution in [-0.4, -0.2) is 33.0 Å². The van der Waals surface area contributed by atoms with Crippen molar-refractivity contribution in [1.82, 2.24) is 14.6 Å². The third-order valence-electron chi connectivity index (χ3n) is 3.27. The first-order valence-electron chi connectivity index (χ1n) is 6.82. The zero-order valence-corrected chi connectivity index (χ0v) is 12.2. The lowest BCUT2D eigenvalue weighted by atomic mass is 10.1. The quantitative estimate of drug-likeness (QED) is 0.545. The molecule has 0 amide bonds. The molecule has 0 aliphatic heterocycles. The summed E-state index contributed by atoms with van der Waals surface area (Å²) in [6, 6.07) is 6.72. The van der Waals surface area contributed by atoms with Gasteiger partial charge < -0.3 is 4.74 Å². The minimum absolute atomic E-state index is 0.220. The molecule has 0 bridgehead atoms. The second-order valence-electron chi connectivity index (χ2n) is 4.85. The summed E-state index contributed by atoms with van der Waals surface area (Å²) >= 11 is 0. The van der Waals surface area contributed by atoms with E-state index >= 15 is 0 Å². The van der Waals surface area contributed by atoms with E-state index in [2.05, 4.69) is 10.1 Å². The lowest BCUT2D eigenvalue weighted by Gasteiger charge is -2.04. The van der Waals surface area contributed by atoms with Gasteiger partial charge in [0.05, 0.1) is 5.69 Å². The van der Waals surface area contributed by atoms with E-state index < -0.39 is 24.2 Å². The maximum atomic E-state index is 12.8. The number of nitrogens with zero attached hydrogens (tertiary/aromatic N) is 3. The summed E-state index contributed by atoms with van der Waals surface area (Å²) in [4.78, 5) is 28.2. The fraction of sp³-hybridized carbons (Fsp3) is 0.125. The first kappa shape index (κ1) is 14.8. The van der Waals surface area contributed by atoms with Crippen LogP contribution in [0.2, 0.25) is 0 Å². The Morgan fingerprint density at radius 1 is 1.26 bits per heavy atom. The second-order valence-corrected chi connectivity index (χ2v) is 4.85. The minimum atomic E-state index is -0.674. The minimum Gasteiger partial charge on any atom is -0.454 e. The maximum Gasteiger partial charge on any atom is 0.344 e. The van der Waals surface area contributed by atoms with Crippen molar-refractivity contribution in [2.75, 3.05) is 6.61 Å². The first-order valence-corrected chi connectivity index (χ1v) is 6.82. The van der Waals surface area contributed by atoms with Gasteiger partial charge in [-0.2, -0.15) is 5.10 Å². The number of fused-ring (bicyclic) bond motifs is 1. The number of hydrogen-bond donors (Lipinski definition) is 0. The summed E-state index contributed by atoms with van der Waals surface area (Å²) in [5.74, 6) is -1.53. The third-order valence-corrected chi connectivity index (χ3v) is 3.27. The standard InChI is InChI=1S/C16H12FN3O3/c1-10-14(15-18-7-2-8-20(15)19-10)16(22)23-9-13(21)11-3-5-12(17)6-4-11/h2-8H,9H2,1H3. The molecule has 0 unspecified atom stereocenters. The lowest BCUT2D eigenvalue weighted by Crippen LogP contribution is -2.15. The number of carbonyl (C=O) groups is 2. The summed E-state index contributed by atoms with van der Waals surface area (Å²) in [7, 11) is 0. The van der Waals surface area contributed by atoms with Gasteiger partial charge in [-0.15, -0.1) is 0 Å². The first-order chi connectivity index (χ1) is 11.1. The zero-order valence-electron chi connectivity index (χ0n) is 12.2. The molecule has 3 rings (SSSR count). The molecule has 2 aromatic heterocycles. The molecule has 0 spiro atoms. The van der Waals surface area contributed by atoms with Crippen LogP contribution in [0.25, 0.3) is 5.65 Å². The van der Waals surface area contributed by atoms with Crippen molar-refractivity contribution in [2.45, 2.75) is 6.92 Å². The molecule has 0 aliphatic carbocycles. The van der Waals surface area contributed by atoms with E-state index in [0.29, 0.717) is 11.3 Å². The van der Waals surface area contributed by atoms with Gasteiger partial charge in [-0.3, -0.25) is 4.79 Å². The van der Waals surface area contributed by atoms with E-state index in [9.17, 15) is 14.0 Å². The van der Waals surface area contributed by atoms with Crippen LogP contribution in [0.15, 0.2) is 42.7 Å². The molecule has 0 saturated heterocycles. The molecule has 0 fully saturated rings. The average molecular weight is 313 g/mol. The van der Waals surface area contributed by atoms with Crippen molar-refractivity contribution in [3.63, 3.8) is 0 Å². The topological polar surface area (TPSA) is 73.6 Å². The molecule has 0 atom stereocenters. The molecule has 3 aromatic rings. The fourth-order valence-electron chi connectivity index (χ4n) is 2.16. The number of halogens is 1. The number of rotatable bonds is 4. The molecule has 23 heavy (non-hydrogen) atoms. The smallest absolute Gasteiger partial charge is 0.344 e. The van der Waals surface area contributed by atoms with Crippen LogP contribution < -0.4 is 0 Å². The van der Waals surface area contributed by atoms with Crippen LogP contribution in [0, 0.1) is 12.7 Å². The summed E-state index contributed by atoms with van der Waals surface area (Å²) in [5.41, 5.74) is 1.32. The predicted molar refractivity (Wildman–Crippen MR) is 78.7 cm³/mol. The van der Waals surface area contributed by atoms with Crippen molar-refractivity contribution < 1.29 is 18.7 Å². The summed E-state index contributed by atoms with van der Waals surface area (Å²) in [6.45, 7) is 1.22. The van der Waals surface area contributed by atoms with Gasteiger partial charge in [0.15, 0.2) is 18.0 Å². The molecule has 7 heteroatoms. The number of ketones is 1. The predicted octanol–water partition coefficient (Wildman–Crippen LogP) is 2.22. The van der Waals surface area contributed by atoms with E-state index in [-0.39, 0.29) is 11.1 Å². The molecule has 2 heterocycles. The maximum absolute atomic E-state index is 12.8. The Kier molecular flexibility index (Phi) is 3.84. The SMILES string of the molecule is Cc1nn2cccnc2c1C(=O)OCC(=O)c1ccc(F)cc1. The largest absolute Gasteiger partial charge is 0.454 e. The summed E-state index contributed by atoms with van der Waals surface area (Å²) in [6.07, 6.45) is 3.20. The Balaban J connectivity index is 1.75. The van der Waals surface area contributed by atoms with Crippen molar-refractivity contribution in [2.24, 2.45) is 0 Å². The Hall–Kier alpha value is -3.09. The van der Waals surface area contributed by atoms with Crippen molar-refractivity contribution in [3.8, 4) is 0 Å². The highest BCUT2D eigenvalue weighted by Crippen LogP contribution is 2.14. The number of esters is 1. The number of aromatic nitrogens is 3. The molecule has 0 N–H and O–H groups in total. The van der Waals surface area contributed by atoms with E-state index in [1.54, 1.807) is 19.2 Å². The number of benzene rings is 1. The van der Waals surface area contributed by atoms with Gasteiger partial charge in [0.2, 0.25) is 0 Å². The number of hydrogen-bond acceptors (Lipinski definition) is 5. The number of Topliss-reactive ketones (excluding diaryl/α,β-unsaturated/α-hetero) is 1. The number of aryl methyl sites for hydroxylation is 1. The number of ether oxygens (including phenoxy) is 1. The fourth-order valence-corrected chi connectivity index (χ4v) is 2.16. The summed E-state index contributed by atoms with van der Waals surface area (Å²) < 4.78 is 19.3. The highest BCUT2D eigenvalue weighted by molar-refractivity contribution is 6.01. The molecule has 0 aliphatic rings. The molecular weight excluding hydrogens is 301 g/mol. The van der Waals surface area contributed by atoms with Gasteiger partial charge in [-0.05, 0) is 37.3 Å². The Morgan fingerprint density at radius 2 is 2.00 bits per heavy atom. The average Bonchev–Trinajstić information content (AvgIpc) is 2.88. The monoisotopic (exact) mass is 313 g/mol. The molecule has 116 valence electrons. The van der Waals surface area contributed by atoms with Gasteiger partial charge in [0.1, 0.15) is 11.4 Å².